The molecule has 0 atom stereocenters. The first-order valence-corrected chi connectivity index (χ1v) is 11.8. The number of ether oxygens (including phenoxy) is 1. The van der Waals surface area contributed by atoms with Crippen LogP contribution >= 0.6 is 0 Å². The minimum absolute atomic E-state index is 0.0798. The van der Waals surface area contributed by atoms with Crippen molar-refractivity contribution < 1.29 is 13.2 Å². The summed E-state index contributed by atoms with van der Waals surface area (Å²) in [6.45, 7) is 7.19. The number of hydrogen-bond acceptors (Lipinski definition) is 7. The summed E-state index contributed by atoms with van der Waals surface area (Å²) in [5, 5.41) is 7.63. The zero-order valence-corrected chi connectivity index (χ0v) is 18.5. The van der Waals surface area contributed by atoms with E-state index in [0.29, 0.717) is 54.5 Å². The molecule has 2 aromatic heterocycles. The van der Waals surface area contributed by atoms with Crippen molar-refractivity contribution in [1.82, 2.24) is 29.6 Å². The van der Waals surface area contributed by atoms with Crippen molar-refractivity contribution in [3.05, 3.63) is 40.1 Å². The predicted molar refractivity (Wildman–Crippen MR) is 116 cm³/mol. The van der Waals surface area contributed by atoms with E-state index in [4.69, 9.17) is 4.74 Å². The summed E-state index contributed by atoms with van der Waals surface area (Å²) < 4.78 is 35.6. The van der Waals surface area contributed by atoms with E-state index in [1.165, 1.54) is 12.1 Å². The molecule has 3 heterocycles. The third kappa shape index (κ3) is 4.08. The largest absolute Gasteiger partial charge is 0.493 e. The van der Waals surface area contributed by atoms with Crippen LogP contribution in [0.5, 0.6) is 5.75 Å². The lowest BCUT2D eigenvalue weighted by molar-refractivity contribution is 0.341. The van der Waals surface area contributed by atoms with Gasteiger partial charge in [-0.1, -0.05) is 6.92 Å². The summed E-state index contributed by atoms with van der Waals surface area (Å²) in [4.78, 5) is 20.1. The molecule has 4 rings (SSSR count). The van der Waals surface area contributed by atoms with E-state index in [1.807, 2.05) is 13.8 Å². The Bertz CT molecular complexity index is 1280. The zero-order chi connectivity index (χ0) is 22.2. The zero-order valence-electron chi connectivity index (χ0n) is 17.7. The van der Waals surface area contributed by atoms with E-state index < -0.39 is 10.0 Å². The molecular formula is C20H26N6O4S. The second kappa shape index (κ2) is 8.40. The molecule has 0 bridgehead atoms. The first kappa shape index (κ1) is 21.5. The second-order valence-electron chi connectivity index (χ2n) is 7.49. The van der Waals surface area contributed by atoms with E-state index in [0.717, 1.165) is 6.42 Å². The van der Waals surface area contributed by atoms with Gasteiger partial charge in [-0.05, 0) is 38.5 Å². The molecule has 1 aromatic carbocycles. The normalized spacial score (nSPS) is 14.7. The Morgan fingerprint density at radius 2 is 2.06 bits per heavy atom. The molecule has 31 heavy (non-hydrogen) atoms. The van der Waals surface area contributed by atoms with Crippen molar-refractivity contribution in [2.45, 2.75) is 44.6 Å². The number of aromatic amines is 1. The van der Waals surface area contributed by atoms with Crippen molar-refractivity contribution in [1.29, 1.82) is 0 Å². The molecular weight excluding hydrogens is 420 g/mol. The molecule has 166 valence electrons. The van der Waals surface area contributed by atoms with Crippen molar-refractivity contribution in [3.8, 4) is 17.1 Å². The van der Waals surface area contributed by atoms with Crippen LogP contribution in [-0.2, 0) is 16.4 Å². The number of aromatic nitrogens is 4. The van der Waals surface area contributed by atoms with Gasteiger partial charge in [-0.25, -0.2) is 22.6 Å². The summed E-state index contributed by atoms with van der Waals surface area (Å²) in [5.41, 5.74) is 1.03. The van der Waals surface area contributed by atoms with Crippen LogP contribution < -0.4 is 20.3 Å². The molecule has 1 saturated heterocycles. The fraction of sp³-hybridized carbons (Fsp3) is 0.450. The number of nitrogens with zero attached hydrogens (tertiary/aromatic N) is 3. The molecule has 1 fully saturated rings. The number of benzene rings is 1. The van der Waals surface area contributed by atoms with Crippen LogP contribution in [0.1, 0.15) is 31.8 Å². The van der Waals surface area contributed by atoms with Gasteiger partial charge in [0.05, 0.1) is 22.8 Å². The summed E-state index contributed by atoms with van der Waals surface area (Å²) in [5.74, 6) is 1.34. The van der Waals surface area contributed by atoms with Gasteiger partial charge in [0.25, 0.3) is 5.56 Å². The van der Waals surface area contributed by atoms with Crippen molar-refractivity contribution >= 4 is 15.5 Å². The lowest BCUT2D eigenvalue weighted by Crippen LogP contribution is -2.56. The highest BCUT2D eigenvalue weighted by atomic mass is 32.2. The first-order valence-electron chi connectivity index (χ1n) is 10.3. The minimum atomic E-state index is -3.73. The number of hydrogen-bond donors (Lipinski definition) is 3. The van der Waals surface area contributed by atoms with Crippen LogP contribution in [0.2, 0.25) is 0 Å². The van der Waals surface area contributed by atoms with Crippen LogP contribution in [-0.4, -0.2) is 53.7 Å². The fourth-order valence-electron chi connectivity index (χ4n) is 3.54. The summed E-state index contributed by atoms with van der Waals surface area (Å²) in [7, 11) is -3.73. The highest BCUT2D eigenvalue weighted by Gasteiger charge is 2.26. The van der Waals surface area contributed by atoms with Crippen LogP contribution in [0.25, 0.3) is 16.9 Å². The van der Waals surface area contributed by atoms with Crippen molar-refractivity contribution in [3.63, 3.8) is 0 Å². The van der Waals surface area contributed by atoms with Gasteiger partial charge in [0, 0.05) is 25.6 Å². The van der Waals surface area contributed by atoms with Gasteiger partial charge in [-0.3, -0.25) is 4.79 Å². The van der Waals surface area contributed by atoms with Gasteiger partial charge in [0.1, 0.15) is 11.6 Å². The van der Waals surface area contributed by atoms with E-state index in [-0.39, 0.29) is 22.3 Å². The van der Waals surface area contributed by atoms with E-state index in [1.54, 1.807) is 17.5 Å². The molecule has 3 aromatic rings. The lowest BCUT2D eigenvalue weighted by Gasteiger charge is -2.27. The third-order valence-corrected chi connectivity index (χ3v) is 6.65. The molecule has 0 saturated carbocycles. The lowest BCUT2D eigenvalue weighted by atomic mass is 10.2. The summed E-state index contributed by atoms with van der Waals surface area (Å²) in [6, 6.07) is 4.42. The molecule has 0 spiro atoms. The number of sulfonamides is 1. The minimum Gasteiger partial charge on any atom is -0.493 e. The average molecular weight is 447 g/mol. The van der Waals surface area contributed by atoms with E-state index in [9.17, 15) is 13.2 Å². The topological polar surface area (TPSA) is 130 Å². The maximum atomic E-state index is 12.8. The summed E-state index contributed by atoms with van der Waals surface area (Å²) in [6.07, 6.45) is 1.51. The molecule has 0 radical (unpaired) electrons. The quantitative estimate of drug-likeness (QED) is 0.470. The van der Waals surface area contributed by atoms with Crippen LogP contribution in [0.4, 0.5) is 0 Å². The standard InChI is InChI=1S/C20H26N6O4S/c1-4-6-17-22-12(3)18-20(27)23-19(24-26(17)18)15-9-14(7-8-16(15)30-5-2)31(28,29)25-13-10-21-11-13/h7-9,13,21,25H,4-6,10-11H2,1-3H3,(H,23,24,27). The molecule has 10 nitrogen and oxygen atoms in total. The number of imidazole rings is 1. The smallest absolute Gasteiger partial charge is 0.277 e. The number of aryl methyl sites for hydroxylation is 2. The number of nitrogens with one attached hydrogen (secondary N) is 3. The summed E-state index contributed by atoms with van der Waals surface area (Å²) >= 11 is 0. The van der Waals surface area contributed by atoms with Gasteiger partial charge < -0.3 is 15.0 Å². The highest BCUT2D eigenvalue weighted by molar-refractivity contribution is 7.89. The Hall–Kier alpha value is -2.76. The van der Waals surface area contributed by atoms with Gasteiger partial charge >= 0.3 is 0 Å². The molecule has 0 unspecified atom stereocenters. The number of H-pyrrole nitrogens is 1. The van der Waals surface area contributed by atoms with Crippen molar-refractivity contribution in [2.75, 3.05) is 19.7 Å². The fourth-order valence-corrected chi connectivity index (χ4v) is 4.81. The maximum absolute atomic E-state index is 12.8. The Kier molecular flexibility index (Phi) is 5.82. The SMILES string of the molecule is CCCc1nc(C)c2c(=O)[nH]c(-c3cc(S(=O)(=O)NC4CNC4)ccc3OCC)nn12. The van der Waals surface area contributed by atoms with Crippen molar-refractivity contribution in [2.24, 2.45) is 0 Å². The molecule has 0 amide bonds. The Balaban J connectivity index is 1.86. The molecule has 1 aliphatic heterocycles. The molecule has 0 aliphatic carbocycles. The average Bonchev–Trinajstić information content (AvgIpc) is 3.01. The Morgan fingerprint density at radius 1 is 1.29 bits per heavy atom. The van der Waals surface area contributed by atoms with E-state index >= 15 is 0 Å². The van der Waals surface area contributed by atoms with Gasteiger partial charge in [0.15, 0.2) is 11.3 Å². The first-order chi connectivity index (χ1) is 14.8. The van der Waals surface area contributed by atoms with E-state index in [2.05, 4.69) is 25.1 Å². The highest BCUT2D eigenvalue weighted by Crippen LogP contribution is 2.30. The van der Waals surface area contributed by atoms with Crippen LogP contribution in [0.3, 0.4) is 0 Å². The molecule has 1 aliphatic rings. The predicted octanol–water partition coefficient (Wildman–Crippen LogP) is 0.994. The van der Waals surface area contributed by atoms with Gasteiger partial charge in [-0.15, -0.1) is 5.10 Å². The monoisotopic (exact) mass is 446 g/mol. The van der Waals surface area contributed by atoms with Crippen LogP contribution in [0.15, 0.2) is 27.9 Å². The van der Waals surface area contributed by atoms with Crippen LogP contribution in [0, 0.1) is 6.92 Å². The van der Waals surface area contributed by atoms with Gasteiger partial charge in [0.2, 0.25) is 10.0 Å². The maximum Gasteiger partial charge on any atom is 0.277 e. The molecule has 11 heteroatoms. The Morgan fingerprint density at radius 3 is 2.71 bits per heavy atom. The van der Waals surface area contributed by atoms with Gasteiger partial charge in [-0.2, -0.15) is 0 Å². The Labute approximate surface area is 180 Å². The number of rotatable bonds is 8. The molecule has 3 N–H and O–H groups in total. The third-order valence-electron chi connectivity index (χ3n) is 5.14. The second-order valence-corrected chi connectivity index (χ2v) is 9.21. The number of fused-ring (bicyclic) bond motifs is 1.